The Labute approximate surface area is 313 Å². The van der Waals surface area contributed by atoms with Crippen molar-refractivity contribution in [1.82, 2.24) is 19.1 Å². The number of aromatic nitrogens is 4. The fourth-order valence-corrected chi connectivity index (χ4v) is 9.41. The van der Waals surface area contributed by atoms with Crippen LogP contribution in [-0.2, 0) is 0 Å². The molecule has 4 aromatic heterocycles. The van der Waals surface area contributed by atoms with Gasteiger partial charge in [-0.15, -0.1) is 0 Å². The van der Waals surface area contributed by atoms with Gasteiger partial charge in [-0.05, 0) is 57.3 Å². The standard InChI is InChI=1S/C50H28N4O/c1-2-11-32(12-3-1)47-46-37-17-6-9-20-42(37)55-49(46)52-50(51-47)54-39-19-8-5-16-35(39)45-41(54)28-26-34-33-15-4-7-18-38(33)53(48(34)45)40-27-24-31-22-21-29-13-10-14-30-23-25-36(40)44(31)43(29)30/h1-28H. The first-order valence-corrected chi connectivity index (χ1v) is 18.7. The maximum absolute atomic E-state index is 6.49. The highest BCUT2D eigenvalue weighted by atomic mass is 16.3. The van der Waals surface area contributed by atoms with E-state index in [0.29, 0.717) is 11.7 Å². The summed E-state index contributed by atoms with van der Waals surface area (Å²) in [5.74, 6) is 0.571. The number of para-hydroxylation sites is 3. The van der Waals surface area contributed by atoms with Crippen LogP contribution in [-0.4, -0.2) is 19.1 Å². The van der Waals surface area contributed by atoms with Gasteiger partial charge >= 0.3 is 0 Å². The van der Waals surface area contributed by atoms with Crippen molar-refractivity contribution in [1.29, 1.82) is 0 Å². The van der Waals surface area contributed by atoms with E-state index < -0.39 is 0 Å². The molecule has 0 fully saturated rings. The second kappa shape index (κ2) is 10.6. The molecule has 0 atom stereocenters. The molecule has 13 rings (SSSR count). The minimum Gasteiger partial charge on any atom is -0.437 e. The normalized spacial score (nSPS) is 12.4. The highest BCUT2D eigenvalue weighted by Gasteiger charge is 2.25. The molecule has 55 heavy (non-hydrogen) atoms. The number of nitrogens with zero attached hydrogens (tertiary/aromatic N) is 4. The summed E-state index contributed by atoms with van der Waals surface area (Å²) in [5.41, 5.74) is 8.78. The summed E-state index contributed by atoms with van der Waals surface area (Å²) >= 11 is 0. The SMILES string of the molecule is c1ccc(-c2nc(-n3c4ccccc4c4c3ccc3c5ccccc5n(-c5ccc6ccc7cccc8ccc5c6c78)c34)nc3oc4ccccc4c23)cc1. The predicted molar refractivity (Wildman–Crippen MR) is 227 cm³/mol. The van der Waals surface area contributed by atoms with Crippen molar-refractivity contribution in [3.63, 3.8) is 0 Å². The van der Waals surface area contributed by atoms with E-state index >= 15 is 0 Å². The minimum atomic E-state index is 0.569. The molecule has 254 valence electrons. The van der Waals surface area contributed by atoms with Crippen LogP contribution in [0.3, 0.4) is 0 Å². The molecule has 0 aliphatic heterocycles. The third-order valence-corrected chi connectivity index (χ3v) is 11.7. The van der Waals surface area contributed by atoms with Crippen molar-refractivity contribution < 1.29 is 4.42 Å². The summed E-state index contributed by atoms with van der Waals surface area (Å²) in [6.45, 7) is 0. The Morgan fingerprint density at radius 1 is 0.382 bits per heavy atom. The van der Waals surface area contributed by atoms with Gasteiger partial charge in [-0.3, -0.25) is 4.57 Å². The van der Waals surface area contributed by atoms with E-state index in [1.165, 1.54) is 48.6 Å². The molecule has 0 amide bonds. The van der Waals surface area contributed by atoms with Crippen LogP contribution in [0.4, 0.5) is 0 Å². The lowest BCUT2D eigenvalue weighted by Gasteiger charge is -2.16. The first-order valence-electron chi connectivity index (χ1n) is 18.7. The minimum absolute atomic E-state index is 0.569. The van der Waals surface area contributed by atoms with E-state index in [4.69, 9.17) is 14.4 Å². The van der Waals surface area contributed by atoms with Gasteiger partial charge in [0.2, 0.25) is 11.7 Å². The summed E-state index contributed by atoms with van der Waals surface area (Å²) in [6, 6.07) is 60.7. The average molecular weight is 701 g/mol. The topological polar surface area (TPSA) is 48.8 Å². The zero-order valence-corrected chi connectivity index (χ0v) is 29.4. The number of hydrogen-bond acceptors (Lipinski definition) is 3. The zero-order valence-electron chi connectivity index (χ0n) is 29.4. The molecule has 0 radical (unpaired) electrons. The number of fused-ring (bicyclic) bond motifs is 10. The van der Waals surface area contributed by atoms with Crippen LogP contribution in [0.2, 0.25) is 0 Å². The maximum Gasteiger partial charge on any atom is 0.238 e. The summed E-state index contributed by atoms with van der Waals surface area (Å²) in [4.78, 5) is 10.6. The second-order valence-electron chi connectivity index (χ2n) is 14.5. The van der Waals surface area contributed by atoms with Gasteiger partial charge in [-0.1, -0.05) is 140 Å². The zero-order chi connectivity index (χ0) is 35.8. The Kier molecular flexibility index (Phi) is 5.57. The summed E-state index contributed by atoms with van der Waals surface area (Å²) in [7, 11) is 0. The molecular weight excluding hydrogens is 673 g/mol. The number of furan rings is 1. The van der Waals surface area contributed by atoms with Gasteiger partial charge in [0, 0.05) is 37.9 Å². The highest BCUT2D eigenvalue weighted by Crippen LogP contribution is 2.45. The first-order chi connectivity index (χ1) is 27.3. The van der Waals surface area contributed by atoms with Gasteiger partial charge in [-0.2, -0.15) is 4.98 Å². The summed E-state index contributed by atoms with van der Waals surface area (Å²) in [5, 5.41) is 14.3. The van der Waals surface area contributed by atoms with Crippen LogP contribution in [0.25, 0.3) is 121 Å². The van der Waals surface area contributed by atoms with Crippen LogP contribution in [0.1, 0.15) is 0 Å². The van der Waals surface area contributed by atoms with Gasteiger partial charge in [-0.25, -0.2) is 4.98 Å². The van der Waals surface area contributed by atoms with Crippen molar-refractivity contribution >= 4 is 98.0 Å². The molecular formula is C50H28N4O. The number of hydrogen-bond donors (Lipinski definition) is 0. The molecule has 0 aliphatic rings. The molecule has 0 unspecified atom stereocenters. The third kappa shape index (κ3) is 3.81. The first kappa shape index (κ1) is 29.0. The van der Waals surface area contributed by atoms with Crippen LogP contribution in [0.5, 0.6) is 0 Å². The smallest absolute Gasteiger partial charge is 0.238 e. The molecule has 9 aromatic carbocycles. The molecule has 0 bridgehead atoms. The molecule has 0 saturated heterocycles. The van der Waals surface area contributed by atoms with Crippen molar-refractivity contribution in [3.8, 4) is 22.9 Å². The average Bonchev–Trinajstić information content (AvgIpc) is 3.90. The molecule has 0 spiro atoms. The lowest BCUT2D eigenvalue weighted by atomic mass is 9.93. The molecule has 5 heteroatoms. The van der Waals surface area contributed by atoms with E-state index in [1.54, 1.807) is 0 Å². The molecule has 4 heterocycles. The number of rotatable bonds is 3. The summed E-state index contributed by atoms with van der Waals surface area (Å²) in [6.07, 6.45) is 0. The highest BCUT2D eigenvalue weighted by molar-refractivity contribution is 6.28. The van der Waals surface area contributed by atoms with E-state index in [0.717, 1.165) is 60.6 Å². The van der Waals surface area contributed by atoms with Crippen molar-refractivity contribution in [2.24, 2.45) is 0 Å². The lowest BCUT2D eigenvalue weighted by molar-refractivity contribution is 0.651. The van der Waals surface area contributed by atoms with Gasteiger partial charge in [0.1, 0.15) is 5.58 Å². The lowest BCUT2D eigenvalue weighted by Crippen LogP contribution is -2.03. The van der Waals surface area contributed by atoms with Crippen molar-refractivity contribution in [3.05, 3.63) is 170 Å². The van der Waals surface area contributed by atoms with Crippen LogP contribution in [0.15, 0.2) is 174 Å². The molecule has 13 aromatic rings. The molecule has 0 saturated carbocycles. The van der Waals surface area contributed by atoms with Crippen molar-refractivity contribution in [2.45, 2.75) is 0 Å². The van der Waals surface area contributed by atoms with Gasteiger partial charge in [0.15, 0.2) is 0 Å². The second-order valence-corrected chi connectivity index (χ2v) is 14.5. The summed E-state index contributed by atoms with van der Waals surface area (Å²) < 4.78 is 11.2. The molecule has 0 aliphatic carbocycles. The van der Waals surface area contributed by atoms with Crippen molar-refractivity contribution in [2.75, 3.05) is 0 Å². The monoisotopic (exact) mass is 700 g/mol. The van der Waals surface area contributed by atoms with Gasteiger partial charge < -0.3 is 8.98 Å². The fourth-order valence-electron chi connectivity index (χ4n) is 9.41. The molecule has 0 N–H and O–H groups in total. The van der Waals surface area contributed by atoms with Gasteiger partial charge in [0.05, 0.1) is 38.8 Å². The molecule has 5 nitrogen and oxygen atoms in total. The van der Waals surface area contributed by atoms with E-state index in [1.807, 2.05) is 24.3 Å². The fraction of sp³-hybridized carbons (Fsp3) is 0. The Balaban J connectivity index is 1.19. The Morgan fingerprint density at radius 2 is 1.04 bits per heavy atom. The van der Waals surface area contributed by atoms with Crippen LogP contribution >= 0.6 is 0 Å². The largest absolute Gasteiger partial charge is 0.437 e. The quantitative estimate of drug-likeness (QED) is 0.172. The Bertz CT molecular complexity index is 3700. The van der Waals surface area contributed by atoms with Gasteiger partial charge in [0.25, 0.3) is 0 Å². The predicted octanol–water partition coefficient (Wildman–Crippen LogP) is 13.1. The van der Waals surface area contributed by atoms with Crippen LogP contribution < -0.4 is 0 Å². The third-order valence-electron chi connectivity index (χ3n) is 11.7. The Hall–Kier alpha value is -7.50. The maximum atomic E-state index is 6.49. The van der Waals surface area contributed by atoms with E-state index in [9.17, 15) is 0 Å². The van der Waals surface area contributed by atoms with Crippen LogP contribution in [0, 0.1) is 0 Å². The van der Waals surface area contributed by atoms with E-state index in [2.05, 4.69) is 155 Å². The Morgan fingerprint density at radius 3 is 1.87 bits per heavy atom. The van der Waals surface area contributed by atoms with E-state index in [-0.39, 0.29) is 0 Å². The number of benzene rings is 9.